The number of rotatable bonds is 3. The number of nitrogens with one attached hydrogen (secondary N) is 2. The summed E-state index contributed by atoms with van der Waals surface area (Å²) >= 11 is 0. The molecule has 2 aromatic heterocycles. The molecule has 1 amide bonds. The number of H-pyrrole nitrogens is 1. The molecule has 112 valence electrons. The standard InChI is InChI=1S/C16H22N4O/c1-20(2)16(21)13-10-18-15-12(8-9-17-15)14(13)19-11-6-4-3-5-7-11/h8-11H,3-7H2,1-2H3,(H2,17,18,19). The molecular formula is C16H22N4O. The Balaban J connectivity index is 2.01. The molecule has 0 radical (unpaired) electrons. The summed E-state index contributed by atoms with van der Waals surface area (Å²) in [6, 6.07) is 2.44. The predicted molar refractivity (Wildman–Crippen MR) is 84.6 cm³/mol. The number of hydrogen-bond donors (Lipinski definition) is 2. The van der Waals surface area contributed by atoms with Crippen LogP contribution in [0.15, 0.2) is 18.5 Å². The summed E-state index contributed by atoms with van der Waals surface area (Å²) in [5, 5.41) is 4.60. The fourth-order valence-corrected chi connectivity index (χ4v) is 3.02. The van der Waals surface area contributed by atoms with Crippen molar-refractivity contribution in [1.29, 1.82) is 0 Å². The number of carbonyl (C=O) groups is 1. The fourth-order valence-electron chi connectivity index (χ4n) is 3.02. The maximum atomic E-state index is 12.4. The van der Waals surface area contributed by atoms with Crippen LogP contribution >= 0.6 is 0 Å². The molecule has 5 nitrogen and oxygen atoms in total. The van der Waals surface area contributed by atoms with E-state index in [2.05, 4.69) is 15.3 Å². The van der Waals surface area contributed by atoms with Gasteiger partial charge < -0.3 is 15.2 Å². The second-order valence-electron chi connectivity index (χ2n) is 5.97. The molecule has 0 unspecified atom stereocenters. The maximum absolute atomic E-state index is 12.4. The first kappa shape index (κ1) is 13.9. The molecule has 1 aliphatic rings. The topological polar surface area (TPSA) is 61.0 Å². The van der Waals surface area contributed by atoms with E-state index in [-0.39, 0.29) is 5.91 Å². The van der Waals surface area contributed by atoms with Gasteiger partial charge in [0.25, 0.3) is 5.91 Å². The summed E-state index contributed by atoms with van der Waals surface area (Å²) < 4.78 is 0. The van der Waals surface area contributed by atoms with Crippen LogP contribution in [0, 0.1) is 0 Å². The molecule has 0 saturated heterocycles. The van der Waals surface area contributed by atoms with Crippen molar-refractivity contribution in [3.05, 3.63) is 24.0 Å². The number of carbonyl (C=O) groups excluding carboxylic acids is 1. The molecule has 2 aromatic rings. The summed E-state index contributed by atoms with van der Waals surface area (Å²) in [4.78, 5) is 21.5. The van der Waals surface area contributed by atoms with Gasteiger partial charge in [0.15, 0.2) is 0 Å². The van der Waals surface area contributed by atoms with E-state index in [1.54, 1.807) is 25.2 Å². The zero-order valence-corrected chi connectivity index (χ0v) is 12.6. The molecule has 0 spiro atoms. The highest BCUT2D eigenvalue weighted by Gasteiger charge is 2.21. The van der Waals surface area contributed by atoms with E-state index in [4.69, 9.17) is 0 Å². The van der Waals surface area contributed by atoms with Crippen molar-refractivity contribution in [3.8, 4) is 0 Å². The lowest BCUT2D eigenvalue weighted by atomic mass is 9.95. The third-order valence-corrected chi connectivity index (χ3v) is 4.18. The molecule has 2 N–H and O–H groups in total. The summed E-state index contributed by atoms with van der Waals surface area (Å²) in [7, 11) is 3.54. The van der Waals surface area contributed by atoms with Crippen LogP contribution in [0.1, 0.15) is 42.5 Å². The van der Waals surface area contributed by atoms with Crippen molar-refractivity contribution < 1.29 is 4.79 Å². The van der Waals surface area contributed by atoms with E-state index >= 15 is 0 Å². The van der Waals surface area contributed by atoms with Gasteiger partial charge in [-0.3, -0.25) is 4.79 Å². The SMILES string of the molecule is CN(C)C(=O)c1cnc2[nH]ccc2c1NC1CCCCC1. The first-order chi connectivity index (χ1) is 10.2. The monoisotopic (exact) mass is 286 g/mol. The minimum absolute atomic E-state index is 0.0103. The number of fused-ring (bicyclic) bond motifs is 1. The number of hydrogen-bond acceptors (Lipinski definition) is 3. The molecule has 5 heteroatoms. The number of amides is 1. The molecule has 3 rings (SSSR count). The van der Waals surface area contributed by atoms with Gasteiger partial charge in [-0.2, -0.15) is 0 Å². The van der Waals surface area contributed by atoms with E-state index in [1.165, 1.54) is 32.1 Å². The molecule has 21 heavy (non-hydrogen) atoms. The minimum atomic E-state index is -0.0103. The predicted octanol–water partition coefficient (Wildman–Crippen LogP) is 3.01. The smallest absolute Gasteiger partial charge is 0.257 e. The van der Waals surface area contributed by atoms with Crippen molar-refractivity contribution in [1.82, 2.24) is 14.9 Å². The van der Waals surface area contributed by atoms with E-state index in [9.17, 15) is 4.79 Å². The van der Waals surface area contributed by atoms with Crippen molar-refractivity contribution in [2.24, 2.45) is 0 Å². The van der Waals surface area contributed by atoms with Gasteiger partial charge in [0.05, 0.1) is 11.3 Å². The van der Waals surface area contributed by atoms with E-state index in [1.807, 2.05) is 12.3 Å². The van der Waals surface area contributed by atoms with Crippen LogP contribution in [0.3, 0.4) is 0 Å². The highest BCUT2D eigenvalue weighted by molar-refractivity contribution is 6.06. The lowest BCUT2D eigenvalue weighted by Gasteiger charge is -2.25. The van der Waals surface area contributed by atoms with Crippen LogP contribution in [0.25, 0.3) is 11.0 Å². The van der Waals surface area contributed by atoms with Crippen LogP contribution < -0.4 is 5.32 Å². The summed E-state index contributed by atoms with van der Waals surface area (Å²) in [6.45, 7) is 0. The van der Waals surface area contributed by atoms with Gasteiger partial charge in [0, 0.05) is 37.9 Å². The molecule has 0 aliphatic heterocycles. The molecular weight excluding hydrogens is 264 g/mol. The zero-order valence-electron chi connectivity index (χ0n) is 12.6. The Morgan fingerprint density at radius 3 is 2.81 bits per heavy atom. The Morgan fingerprint density at radius 2 is 2.10 bits per heavy atom. The third kappa shape index (κ3) is 2.73. The number of aromatic nitrogens is 2. The Labute approximate surface area is 124 Å². The first-order valence-electron chi connectivity index (χ1n) is 7.61. The largest absolute Gasteiger partial charge is 0.381 e. The van der Waals surface area contributed by atoms with Gasteiger partial charge in [-0.05, 0) is 18.9 Å². The number of nitrogens with zero attached hydrogens (tertiary/aromatic N) is 2. The number of aromatic amines is 1. The Hall–Kier alpha value is -2.04. The Morgan fingerprint density at radius 1 is 1.33 bits per heavy atom. The summed E-state index contributed by atoms with van der Waals surface area (Å²) in [5.74, 6) is -0.0103. The van der Waals surface area contributed by atoms with Gasteiger partial charge in [-0.25, -0.2) is 4.98 Å². The molecule has 0 bridgehead atoms. The molecule has 1 aliphatic carbocycles. The van der Waals surface area contributed by atoms with Crippen LogP contribution in [0.5, 0.6) is 0 Å². The van der Waals surface area contributed by atoms with Gasteiger partial charge >= 0.3 is 0 Å². The van der Waals surface area contributed by atoms with E-state index < -0.39 is 0 Å². The lowest BCUT2D eigenvalue weighted by molar-refractivity contribution is 0.0828. The van der Waals surface area contributed by atoms with Crippen LogP contribution in [-0.4, -0.2) is 40.9 Å². The fraction of sp³-hybridized carbons (Fsp3) is 0.500. The van der Waals surface area contributed by atoms with Crippen molar-refractivity contribution >= 4 is 22.6 Å². The van der Waals surface area contributed by atoms with Gasteiger partial charge in [0.2, 0.25) is 0 Å². The van der Waals surface area contributed by atoms with Gasteiger partial charge in [-0.15, -0.1) is 0 Å². The second-order valence-corrected chi connectivity index (χ2v) is 5.97. The van der Waals surface area contributed by atoms with Crippen molar-refractivity contribution in [2.45, 2.75) is 38.1 Å². The van der Waals surface area contributed by atoms with Crippen LogP contribution in [0.2, 0.25) is 0 Å². The maximum Gasteiger partial charge on any atom is 0.257 e. The number of pyridine rings is 1. The van der Waals surface area contributed by atoms with Crippen LogP contribution in [-0.2, 0) is 0 Å². The zero-order chi connectivity index (χ0) is 14.8. The molecule has 0 aromatic carbocycles. The van der Waals surface area contributed by atoms with Gasteiger partial charge in [0.1, 0.15) is 5.65 Å². The molecule has 1 fully saturated rings. The van der Waals surface area contributed by atoms with Crippen LogP contribution in [0.4, 0.5) is 5.69 Å². The average molecular weight is 286 g/mol. The lowest BCUT2D eigenvalue weighted by Crippen LogP contribution is -2.27. The second kappa shape index (κ2) is 5.76. The quantitative estimate of drug-likeness (QED) is 0.911. The highest BCUT2D eigenvalue weighted by atomic mass is 16.2. The minimum Gasteiger partial charge on any atom is -0.381 e. The average Bonchev–Trinajstić information content (AvgIpc) is 2.97. The normalized spacial score (nSPS) is 16.1. The Bertz CT molecular complexity index is 641. The van der Waals surface area contributed by atoms with Crippen molar-refractivity contribution in [2.75, 3.05) is 19.4 Å². The van der Waals surface area contributed by atoms with E-state index in [0.29, 0.717) is 11.6 Å². The Kier molecular flexibility index (Phi) is 3.82. The van der Waals surface area contributed by atoms with Crippen molar-refractivity contribution in [3.63, 3.8) is 0 Å². The highest BCUT2D eigenvalue weighted by Crippen LogP contribution is 2.29. The summed E-state index contributed by atoms with van der Waals surface area (Å²) in [6.07, 6.45) is 9.72. The summed E-state index contributed by atoms with van der Waals surface area (Å²) in [5.41, 5.74) is 2.40. The molecule has 0 atom stereocenters. The first-order valence-corrected chi connectivity index (χ1v) is 7.61. The molecule has 2 heterocycles. The molecule has 1 saturated carbocycles. The van der Waals surface area contributed by atoms with E-state index in [0.717, 1.165) is 16.7 Å². The van der Waals surface area contributed by atoms with Gasteiger partial charge in [-0.1, -0.05) is 19.3 Å². The third-order valence-electron chi connectivity index (χ3n) is 4.18. The number of anilines is 1.